The van der Waals surface area contributed by atoms with E-state index in [4.69, 9.17) is 0 Å². The Balaban J connectivity index is 2.38. The molecular formula is C25H36N2. The number of hydrogen-bond acceptors (Lipinski definition) is 2. The molecule has 1 aliphatic rings. The van der Waals surface area contributed by atoms with Crippen molar-refractivity contribution in [2.24, 2.45) is 5.92 Å². The second kappa shape index (κ2) is 9.23. The van der Waals surface area contributed by atoms with E-state index >= 15 is 0 Å². The summed E-state index contributed by atoms with van der Waals surface area (Å²) in [4.78, 5) is 0. The van der Waals surface area contributed by atoms with Gasteiger partial charge < -0.3 is 10.6 Å². The Hall–Kier alpha value is -2.06. The van der Waals surface area contributed by atoms with E-state index in [2.05, 4.69) is 95.0 Å². The summed E-state index contributed by atoms with van der Waals surface area (Å²) in [5.41, 5.74) is 7.56. The molecule has 1 aliphatic carbocycles. The van der Waals surface area contributed by atoms with E-state index in [1.54, 1.807) is 0 Å². The van der Waals surface area contributed by atoms with Crippen molar-refractivity contribution in [2.75, 3.05) is 13.6 Å². The average molecular weight is 365 g/mol. The zero-order valence-corrected chi connectivity index (χ0v) is 17.8. The molecule has 0 radical (unpaired) electrons. The predicted molar refractivity (Wildman–Crippen MR) is 121 cm³/mol. The molecule has 0 saturated heterocycles. The summed E-state index contributed by atoms with van der Waals surface area (Å²) in [7, 11) is 2.08. The van der Waals surface area contributed by atoms with Crippen molar-refractivity contribution in [1.29, 1.82) is 0 Å². The van der Waals surface area contributed by atoms with Gasteiger partial charge in [0.15, 0.2) is 0 Å². The minimum absolute atomic E-state index is 0.0608. The summed E-state index contributed by atoms with van der Waals surface area (Å²) >= 11 is 0. The van der Waals surface area contributed by atoms with Gasteiger partial charge >= 0.3 is 0 Å². The zero-order valence-electron chi connectivity index (χ0n) is 17.8. The van der Waals surface area contributed by atoms with Crippen LogP contribution in [0.3, 0.4) is 0 Å². The van der Waals surface area contributed by atoms with Crippen molar-refractivity contribution in [3.8, 4) is 0 Å². The molecule has 2 rings (SSSR count). The van der Waals surface area contributed by atoms with Gasteiger partial charge in [0, 0.05) is 18.2 Å². The molecule has 0 spiro atoms. The van der Waals surface area contributed by atoms with Gasteiger partial charge in [-0.2, -0.15) is 0 Å². The fraction of sp³-hybridized carbons (Fsp3) is 0.440. The van der Waals surface area contributed by atoms with Crippen LogP contribution >= 0.6 is 0 Å². The molecule has 0 saturated carbocycles. The Morgan fingerprint density at radius 2 is 1.89 bits per heavy atom. The first-order chi connectivity index (χ1) is 12.9. The first-order valence-corrected chi connectivity index (χ1v) is 10.2. The number of benzene rings is 1. The van der Waals surface area contributed by atoms with Gasteiger partial charge in [-0.25, -0.2) is 0 Å². The van der Waals surface area contributed by atoms with Gasteiger partial charge in [-0.15, -0.1) is 0 Å². The van der Waals surface area contributed by atoms with E-state index in [0.717, 1.165) is 37.1 Å². The van der Waals surface area contributed by atoms with Gasteiger partial charge in [-0.05, 0) is 55.5 Å². The Morgan fingerprint density at radius 3 is 2.41 bits per heavy atom. The van der Waals surface area contributed by atoms with Crippen molar-refractivity contribution in [2.45, 2.75) is 52.5 Å². The summed E-state index contributed by atoms with van der Waals surface area (Å²) in [5.74, 6) is 0.374. The highest BCUT2D eigenvalue weighted by molar-refractivity contribution is 5.74. The van der Waals surface area contributed by atoms with Gasteiger partial charge in [0.05, 0.1) is 5.54 Å². The predicted octanol–water partition coefficient (Wildman–Crippen LogP) is 5.95. The van der Waals surface area contributed by atoms with Crippen LogP contribution in [0.4, 0.5) is 0 Å². The van der Waals surface area contributed by atoms with Crippen LogP contribution in [0.5, 0.6) is 0 Å². The lowest BCUT2D eigenvalue weighted by atomic mass is 9.70. The normalized spacial score (nSPS) is 23.8. The van der Waals surface area contributed by atoms with Crippen LogP contribution in [0, 0.1) is 5.92 Å². The van der Waals surface area contributed by atoms with Crippen molar-refractivity contribution in [3.05, 3.63) is 72.0 Å². The highest BCUT2D eigenvalue weighted by Gasteiger charge is 2.38. The molecule has 2 N–H and O–H groups in total. The van der Waals surface area contributed by atoms with Crippen LogP contribution < -0.4 is 10.6 Å². The largest absolute Gasteiger partial charge is 0.387 e. The molecule has 2 heteroatoms. The molecule has 0 aliphatic heterocycles. The van der Waals surface area contributed by atoms with E-state index in [1.807, 2.05) is 0 Å². The summed E-state index contributed by atoms with van der Waals surface area (Å²) in [5, 5.41) is 7.17. The first-order valence-electron chi connectivity index (χ1n) is 10.2. The highest BCUT2D eigenvalue weighted by atomic mass is 15.0. The van der Waals surface area contributed by atoms with Gasteiger partial charge in [-0.1, -0.05) is 75.9 Å². The standard InChI is InChI=1S/C25H36N2/c1-8-10-24-20(6)23(22-13-11-21(12-14-22)18(3)4)15-16-25(24,26-7)17-27-19(5)9-2/h10-15,20,26-27H,3,5,8-9,16-17H2,1-2,4,6-7H3/b24-10-. The smallest absolute Gasteiger partial charge is 0.0607 e. The fourth-order valence-corrected chi connectivity index (χ4v) is 3.98. The summed E-state index contributed by atoms with van der Waals surface area (Å²) < 4.78 is 0. The lowest BCUT2D eigenvalue weighted by Crippen LogP contribution is -2.54. The lowest BCUT2D eigenvalue weighted by Gasteiger charge is -2.43. The molecule has 27 heavy (non-hydrogen) atoms. The van der Waals surface area contributed by atoms with E-state index in [9.17, 15) is 0 Å². The first kappa shape index (κ1) is 21.2. The maximum atomic E-state index is 4.12. The molecular weight excluding hydrogens is 328 g/mol. The third-order valence-corrected chi connectivity index (χ3v) is 5.84. The quantitative estimate of drug-likeness (QED) is 0.557. The van der Waals surface area contributed by atoms with Crippen LogP contribution in [-0.4, -0.2) is 19.1 Å². The number of hydrogen-bond donors (Lipinski definition) is 2. The third-order valence-electron chi connectivity index (χ3n) is 5.84. The minimum atomic E-state index is -0.0608. The second-order valence-corrected chi connectivity index (χ2v) is 7.65. The van der Waals surface area contributed by atoms with Crippen LogP contribution in [0.1, 0.15) is 58.1 Å². The molecule has 0 heterocycles. The van der Waals surface area contributed by atoms with Crippen molar-refractivity contribution >= 4 is 11.1 Å². The van der Waals surface area contributed by atoms with Crippen molar-refractivity contribution < 1.29 is 0 Å². The van der Waals surface area contributed by atoms with E-state index < -0.39 is 0 Å². The Morgan fingerprint density at radius 1 is 1.22 bits per heavy atom. The molecule has 2 unspecified atom stereocenters. The number of allylic oxidation sites excluding steroid dienone is 4. The molecule has 1 aromatic rings. The molecule has 0 aromatic heterocycles. The molecule has 0 fully saturated rings. The van der Waals surface area contributed by atoms with E-state index in [1.165, 1.54) is 22.3 Å². The van der Waals surface area contributed by atoms with Gasteiger partial charge in [-0.3, -0.25) is 0 Å². The van der Waals surface area contributed by atoms with Crippen molar-refractivity contribution in [3.63, 3.8) is 0 Å². The maximum Gasteiger partial charge on any atom is 0.0607 e. The molecule has 1 aromatic carbocycles. The van der Waals surface area contributed by atoms with Crippen LogP contribution in [0.15, 0.2) is 60.8 Å². The zero-order chi connectivity index (χ0) is 20.0. The van der Waals surface area contributed by atoms with Gasteiger partial charge in [0.25, 0.3) is 0 Å². The average Bonchev–Trinajstić information content (AvgIpc) is 2.68. The molecule has 2 atom stereocenters. The van der Waals surface area contributed by atoms with Crippen LogP contribution in [0.2, 0.25) is 0 Å². The molecule has 2 nitrogen and oxygen atoms in total. The Kier molecular flexibility index (Phi) is 7.26. The Bertz CT molecular complexity index is 736. The van der Waals surface area contributed by atoms with E-state index in [-0.39, 0.29) is 5.54 Å². The third kappa shape index (κ3) is 4.62. The fourth-order valence-electron chi connectivity index (χ4n) is 3.98. The molecule has 0 amide bonds. The second-order valence-electron chi connectivity index (χ2n) is 7.65. The summed E-state index contributed by atoms with van der Waals surface area (Å²) in [6.45, 7) is 17.8. The monoisotopic (exact) mass is 364 g/mol. The summed E-state index contributed by atoms with van der Waals surface area (Å²) in [6.07, 6.45) is 7.80. The highest BCUT2D eigenvalue weighted by Crippen LogP contribution is 2.42. The molecule has 146 valence electrons. The maximum absolute atomic E-state index is 4.12. The van der Waals surface area contributed by atoms with Gasteiger partial charge in [0.1, 0.15) is 0 Å². The minimum Gasteiger partial charge on any atom is -0.387 e. The van der Waals surface area contributed by atoms with Crippen LogP contribution in [-0.2, 0) is 0 Å². The summed E-state index contributed by atoms with van der Waals surface area (Å²) in [6, 6.07) is 8.83. The number of rotatable bonds is 8. The van der Waals surface area contributed by atoms with Crippen LogP contribution in [0.25, 0.3) is 11.1 Å². The lowest BCUT2D eigenvalue weighted by molar-refractivity contribution is 0.369. The molecule has 0 bridgehead atoms. The number of likely N-dealkylation sites (N-methyl/N-ethyl adjacent to an activating group) is 1. The van der Waals surface area contributed by atoms with E-state index in [0.29, 0.717) is 5.92 Å². The van der Waals surface area contributed by atoms with Gasteiger partial charge in [0.2, 0.25) is 0 Å². The number of nitrogens with one attached hydrogen (secondary N) is 2. The topological polar surface area (TPSA) is 24.1 Å². The SMILES string of the molecule is C=C(CC)NCC1(NC)CC=C(c2ccc(C(=C)C)cc2)C(C)/C1=C/CC. The van der Waals surface area contributed by atoms with Crippen molar-refractivity contribution in [1.82, 2.24) is 10.6 Å². The Labute approximate surface area is 166 Å².